The molecule has 9 heavy (non-hydrogen) atoms. The van der Waals surface area contributed by atoms with E-state index in [4.69, 9.17) is 0 Å². The van der Waals surface area contributed by atoms with Crippen molar-refractivity contribution in [3.05, 3.63) is 17.8 Å². The van der Waals surface area contributed by atoms with E-state index in [-0.39, 0.29) is 5.76 Å². The van der Waals surface area contributed by atoms with Gasteiger partial charge in [0.2, 0.25) is 5.76 Å². The van der Waals surface area contributed by atoms with Crippen LogP contribution in [0.2, 0.25) is 0 Å². The average Bonchev–Trinajstić information content (AvgIpc) is 2.13. The number of hydrogen-bond donors (Lipinski definition) is 0. The molecule has 0 spiro atoms. The first kappa shape index (κ1) is 5.81. The van der Waals surface area contributed by atoms with Gasteiger partial charge in [0.1, 0.15) is 0 Å². The molecule has 0 amide bonds. The molecule has 0 fully saturated rings. The maximum Gasteiger partial charge on any atom is 0.423 e. The summed E-state index contributed by atoms with van der Waals surface area (Å²) in [7, 11) is 0. The Hall–Kier alpha value is -1.32. The normalized spacial score (nSPS) is 9.44. The molecular formula is C5H4NO3. The zero-order chi connectivity index (χ0) is 6.85. The molecule has 0 aromatic carbocycles. The Kier molecular flexibility index (Phi) is 1.22. The highest BCUT2D eigenvalue weighted by Gasteiger charge is 2.12. The van der Waals surface area contributed by atoms with E-state index in [9.17, 15) is 9.90 Å². The van der Waals surface area contributed by atoms with E-state index in [0.29, 0.717) is 5.69 Å². The summed E-state index contributed by atoms with van der Waals surface area (Å²) in [6, 6.07) is 0. The number of aryl methyl sites for hydroxylation is 1. The quantitative estimate of drug-likeness (QED) is 0.552. The van der Waals surface area contributed by atoms with E-state index in [1.165, 1.54) is 6.92 Å². The van der Waals surface area contributed by atoms with Gasteiger partial charge < -0.3 is 4.42 Å². The van der Waals surface area contributed by atoms with Crippen molar-refractivity contribution in [3.8, 4) is 0 Å². The zero-order valence-corrected chi connectivity index (χ0v) is 4.75. The summed E-state index contributed by atoms with van der Waals surface area (Å²) in [5.74, 6) is -1.53. The van der Waals surface area contributed by atoms with Gasteiger partial charge in [0.05, 0.1) is 5.69 Å². The molecule has 4 heteroatoms. The molecule has 0 aliphatic heterocycles. The number of carbonyl (C=O) groups is 1. The molecule has 0 atom stereocenters. The lowest BCUT2D eigenvalue weighted by molar-refractivity contribution is 0.0535. The summed E-state index contributed by atoms with van der Waals surface area (Å²) < 4.78 is 4.45. The number of carbonyl (C=O) groups excluding carboxylic acids is 1. The van der Waals surface area contributed by atoms with Gasteiger partial charge in [-0.05, 0) is 6.92 Å². The smallest absolute Gasteiger partial charge is 0.423 e. The Morgan fingerprint density at radius 3 is 2.67 bits per heavy atom. The topological polar surface area (TPSA) is 63.0 Å². The lowest BCUT2D eigenvalue weighted by Gasteiger charge is -1.80. The van der Waals surface area contributed by atoms with Gasteiger partial charge in [-0.3, -0.25) is 0 Å². The summed E-state index contributed by atoms with van der Waals surface area (Å²) in [4.78, 5) is 13.6. The van der Waals surface area contributed by atoms with Gasteiger partial charge in [0.15, 0.2) is 6.39 Å². The molecule has 0 unspecified atom stereocenters. The molecule has 0 bridgehead atoms. The van der Waals surface area contributed by atoms with Crippen molar-refractivity contribution >= 4 is 5.97 Å². The predicted molar refractivity (Wildman–Crippen MR) is 26.3 cm³/mol. The van der Waals surface area contributed by atoms with Gasteiger partial charge in [0.25, 0.3) is 0 Å². The van der Waals surface area contributed by atoms with Crippen LogP contribution in [0.3, 0.4) is 0 Å². The van der Waals surface area contributed by atoms with Crippen LogP contribution in [-0.2, 0) is 5.11 Å². The van der Waals surface area contributed by atoms with Crippen molar-refractivity contribution in [1.82, 2.24) is 4.98 Å². The van der Waals surface area contributed by atoms with Gasteiger partial charge in [-0.25, -0.2) is 14.9 Å². The maximum atomic E-state index is 10.0. The standard InChI is InChI=1S/C5H4NO3/c1-3-4(5(7)8)9-2-6-3/h2H,1H3. The fourth-order valence-corrected chi connectivity index (χ4v) is 0.498. The Bertz CT molecular complexity index is 228. The van der Waals surface area contributed by atoms with Crippen LogP contribution in [0, 0.1) is 6.92 Å². The second-order valence-electron chi connectivity index (χ2n) is 1.55. The van der Waals surface area contributed by atoms with Gasteiger partial charge in [-0.15, -0.1) is 0 Å². The third-order valence-electron chi connectivity index (χ3n) is 0.931. The summed E-state index contributed by atoms with van der Waals surface area (Å²) in [5, 5.41) is 10.0. The molecule has 1 radical (unpaired) electrons. The highest BCUT2D eigenvalue weighted by Crippen LogP contribution is 2.03. The highest BCUT2D eigenvalue weighted by molar-refractivity contribution is 5.84. The van der Waals surface area contributed by atoms with Gasteiger partial charge in [-0.2, -0.15) is 0 Å². The van der Waals surface area contributed by atoms with Crippen molar-refractivity contribution < 1.29 is 14.3 Å². The largest absolute Gasteiger partial charge is 0.436 e. The first-order valence-corrected chi connectivity index (χ1v) is 2.33. The highest BCUT2D eigenvalue weighted by atomic mass is 16.4. The van der Waals surface area contributed by atoms with Crippen molar-refractivity contribution in [2.24, 2.45) is 0 Å². The molecule has 1 heterocycles. The maximum absolute atomic E-state index is 10.0. The number of hydrogen-bond acceptors (Lipinski definition) is 3. The number of aromatic nitrogens is 1. The Morgan fingerprint density at radius 2 is 2.44 bits per heavy atom. The molecule has 1 aromatic rings. The van der Waals surface area contributed by atoms with E-state index in [0.717, 1.165) is 6.39 Å². The van der Waals surface area contributed by atoms with Crippen molar-refractivity contribution in [1.29, 1.82) is 0 Å². The molecular weight excluding hydrogens is 122 g/mol. The summed E-state index contributed by atoms with van der Waals surface area (Å²) in [6.07, 6.45) is 1.07. The second kappa shape index (κ2) is 1.89. The van der Waals surface area contributed by atoms with E-state index in [1.807, 2.05) is 0 Å². The monoisotopic (exact) mass is 126 g/mol. The molecule has 1 aromatic heterocycles. The van der Waals surface area contributed by atoms with Crippen LogP contribution in [0.1, 0.15) is 16.2 Å². The van der Waals surface area contributed by atoms with Crippen LogP contribution < -0.4 is 0 Å². The van der Waals surface area contributed by atoms with Crippen LogP contribution in [0.15, 0.2) is 10.8 Å². The SMILES string of the molecule is Cc1ncoc1C([O])=O. The third-order valence-corrected chi connectivity index (χ3v) is 0.931. The molecule has 4 nitrogen and oxygen atoms in total. The van der Waals surface area contributed by atoms with Crippen molar-refractivity contribution in [2.45, 2.75) is 6.92 Å². The molecule has 1 rings (SSSR count). The molecule has 0 N–H and O–H groups in total. The zero-order valence-electron chi connectivity index (χ0n) is 4.75. The molecule has 0 aliphatic rings. The van der Waals surface area contributed by atoms with E-state index in [1.54, 1.807) is 0 Å². The van der Waals surface area contributed by atoms with Crippen LogP contribution in [0.25, 0.3) is 0 Å². The van der Waals surface area contributed by atoms with E-state index in [2.05, 4.69) is 9.40 Å². The fourth-order valence-electron chi connectivity index (χ4n) is 0.498. The number of nitrogens with zero attached hydrogens (tertiary/aromatic N) is 1. The van der Waals surface area contributed by atoms with E-state index < -0.39 is 5.97 Å². The lowest BCUT2D eigenvalue weighted by atomic mass is 10.4. The minimum absolute atomic E-state index is 0.199. The van der Waals surface area contributed by atoms with Crippen LogP contribution in [0.5, 0.6) is 0 Å². The van der Waals surface area contributed by atoms with Gasteiger partial charge in [0, 0.05) is 0 Å². The molecule has 0 saturated heterocycles. The molecule has 0 saturated carbocycles. The first-order chi connectivity index (χ1) is 4.22. The van der Waals surface area contributed by atoms with Gasteiger partial charge in [-0.1, -0.05) is 0 Å². The van der Waals surface area contributed by atoms with Crippen molar-refractivity contribution in [3.63, 3.8) is 0 Å². The number of rotatable bonds is 1. The van der Waals surface area contributed by atoms with Crippen LogP contribution >= 0.6 is 0 Å². The lowest BCUT2D eigenvalue weighted by Crippen LogP contribution is -1.93. The van der Waals surface area contributed by atoms with Crippen molar-refractivity contribution in [2.75, 3.05) is 0 Å². The average molecular weight is 126 g/mol. The summed E-state index contributed by atoms with van der Waals surface area (Å²) >= 11 is 0. The van der Waals surface area contributed by atoms with E-state index >= 15 is 0 Å². The third kappa shape index (κ3) is 0.910. The Labute approximate surface area is 51.1 Å². The number of oxazole rings is 1. The fraction of sp³-hybridized carbons (Fsp3) is 0.200. The molecule has 0 aliphatic carbocycles. The first-order valence-electron chi connectivity index (χ1n) is 2.33. The Balaban J connectivity index is 3.08. The van der Waals surface area contributed by atoms with Crippen LogP contribution in [0.4, 0.5) is 0 Å². The predicted octanol–water partition coefficient (Wildman–Crippen LogP) is 0.554. The minimum Gasteiger partial charge on any atom is -0.436 e. The van der Waals surface area contributed by atoms with Gasteiger partial charge >= 0.3 is 5.97 Å². The minimum atomic E-state index is -1.33. The summed E-state index contributed by atoms with van der Waals surface area (Å²) in [5.41, 5.74) is 0.343. The second-order valence-corrected chi connectivity index (χ2v) is 1.55. The van der Waals surface area contributed by atoms with Crippen LogP contribution in [-0.4, -0.2) is 11.0 Å². The Morgan fingerprint density at radius 1 is 1.78 bits per heavy atom. The summed E-state index contributed by atoms with van der Waals surface area (Å²) in [6.45, 7) is 1.54. The molecule has 47 valence electrons.